The van der Waals surface area contributed by atoms with E-state index in [1.165, 1.54) is 0 Å². The van der Waals surface area contributed by atoms with Crippen LogP contribution in [0.15, 0.2) is 18.3 Å². The van der Waals surface area contributed by atoms with Crippen molar-refractivity contribution in [3.8, 4) is 6.07 Å². The maximum Gasteiger partial charge on any atom is 0.140 e. The molecule has 3 heteroatoms. The summed E-state index contributed by atoms with van der Waals surface area (Å²) in [6, 6.07) is 5.87. The number of nitrogens with zero attached hydrogens (tertiary/aromatic N) is 2. The molecule has 0 amide bonds. The zero-order chi connectivity index (χ0) is 12.7. The lowest BCUT2D eigenvalue weighted by atomic mass is 9.89. The average molecular weight is 231 g/mol. The average Bonchev–Trinajstić information content (AvgIpc) is 2.41. The van der Waals surface area contributed by atoms with Gasteiger partial charge in [-0.05, 0) is 37.0 Å². The Morgan fingerprint density at radius 3 is 2.47 bits per heavy atom. The van der Waals surface area contributed by atoms with Crippen LogP contribution in [0.1, 0.15) is 51.3 Å². The van der Waals surface area contributed by atoms with Crippen LogP contribution in [0.5, 0.6) is 0 Å². The summed E-state index contributed by atoms with van der Waals surface area (Å²) in [6.07, 6.45) is 5.06. The summed E-state index contributed by atoms with van der Waals surface area (Å²) >= 11 is 0. The Bertz CT molecular complexity index is 380. The molecule has 0 aliphatic rings. The van der Waals surface area contributed by atoms with E-state index in [0.29, 0.717) is 5.69 Å². The zero-order valence-corrected chi connectivity index (χ0v) is 11.0. The van der Waals surface area contributed by atoms with Crippen LogP contribution in [0, 0.1) is 11.3 Å². The smallest absolute Gasteiger partial charge is 0.140 e. The first kappa shape index (κ1) is 13.7. The molecule has 17 heavy (non-hydrogen) atoms. The lowest BCUT2D eigenvalue weighted by molar-refractivity contribution is 0.288. The van der Waals surface area contributed by atoms with Crippen LogP contribution in [0.2, 0.25) is 0 Å². The minimum atomic E-state index is 0.218. The molecule has 0 aromatic carbocycles. The molecular weight excluding hydrogens is 210 g/mol. The molecule has 0 radical (unpaired) electrons. The Hall–Kier alpha value is -1.40. The van der Waals surface area contributed by atoms with Crippen LogP contribution in [-0.4, -0.2) is 10.5 Å². The third-order valence-corrected chi connectivity index (χ3v) is 3.64. The summed E-state index contributed by atoms with van der Waals surface area (Å²) in [5, 5.41) is 12.4. The second-order valence-electron chi connectivity index (χ2n) is 4.36. The number of aromatic nitrogens is 1. The van der Waals surface area contributed by atoms with Gasteiger partial charge in [0.05, 0.1) is 0 Å². The van der Waals surface area contributed by atoms with Crippen LogP contribution in [0.3, 0.4) is 0 Å². The molecule has 0 saturated heterocycles. The second kappa shape index (κ2) is 6.36. The van der Waals surface area contributed by atoms with Gasteiger partial charge in [0.2, 0.25) is 0 Å². The maximum atomic E-state index is 8.80. The number of pyridine rings is 1. The highest BCUT2D eigenvalue weighted by Gasteiger charge is 2.22. The van der Waals surface area contributed by atoms with Gasteiger partial charge in [0, 0.05) is 18.3 Å². The van der Waals surface area contributed by atoms with Gasteiger partial charge in [0.1, 0.15) is 11.8 Å². The fraction of sp³-hybridized carbons (Fsp3) is 0.571. The third-order valence-electron chi connectivity index (χ3n) is 3.64. The van der Waals surface area contributed by atoms with E-state index in [9.17, 15) is 0 Å². The molecule has 0 aliphatic heterocycles. The van der Waals surface area contributed by atoms with Crippen LogP contribution >= 0.6 is 0 Å². The van der Waals surface area contributed by atoms with E-state index in [0.717, 1.165) is 31.4 Å². The van der Waals surface area contributed by atoms with Crippen LogP contribution in [0.4, 0.5) is 0 Å². The predicted molar refractivity (Wildman–Crippen MR) is 69.4 cm³/mol. The topological polar surface area (TPSA) is 48.7 Å². The monoisotopic (exact) mass is 231 g/mol. The first-order valence-electron chi connectivity index (χ1n) is 6.29. The van der Waals surface area contributed by atoms with E-state index in [2.05, 4.69) is 37.1 Å². The Morgan fingerprint density at radius 2 is 1.94 bits per heavy atom. The van der Waals surface area contributed by atoms with Crippen molar-refractivity contribution in [2.45, 2.75) is 52.1 Å². The summed E-state index contributed by atoms with van der Waals surface area (Å²) in [7, 11) is 0. The van der Waals surface area contributed by atoms with Crippen molar-refractivity contribution in [1.29, 1.82) is 5.26 Å². The van der Waals surface area contributed by atoms with E-state index in [1.54, 1.807) is 6.20 Å². The molecule has 0 saturated carbocycles. The number of nitrogens with one attached hydrogen (secondary N) is 1. The summed E-state index contributed by atoms with van der Waals surface area (Å²) in [5.41, 5.74) is 1.83. The van der Waals surface area contributed by atoms with Gasteiger partial charge in [0.25, 0.3) is 0 Å². The summed E-state index contributed by atoms with van der Waals surface area (Å²) in [4.78, 5) is 3.97. The lowest BCUT2D eigenvalue weighted by Crippen LogP contribution is -2.43. The van der Waals surface area contributed by atoms with E-state index < -0.39 is 0 Å². The Morgan fingerprint density at radius 1 is 1.29 bits per heavy atom. The molecule has 1 rings (SSSR count). The zero-order valence-electron chi connectivity index (χ0n) is 11.0. The molecule has 3 nitrogen and oxygen atoms in total. The maximum absolute atomic E-state index is 8.80. The number of nitriles is 1. The molecule has 0 unspecified atom stereocenters. The van der Waals surface area contributed by atoms with Gasteiger partial charge >= 0.3 is 0 Å². The normalized spacial score (nSPS) is 11.2. The predicted octanol–water partition coefficient (Wildman–Crippen LogP) is 3.01. The van der Waals surface area contributed by atoms with Crippen molar-refractivity contribution < 1.29 is 0 Å². The van der Waals surface area contributed by atoms with Gasteiger partial charge in [-0.2, -0.15) is 5.26 Å². The molecule has 1 N–H and O–H groups in total. The molecule has 0 spiro atoms. The molecule has 0 bridgehead atoms. The van der Waals surface area contributed by atoms with E-state index in [-0.39, 0.29) is 5.54 Å². The highest BCUT2D eigenvalue weighted by Crippen LogP contribution is 2.19. The van der Waals surface area contributed by atoms with Gasteiger partial charge in [-0.3, -0.25) is 0 Å². The fourth-order valence-corrected chi connectivity index (χ4v) is 2.06. The van der Waals surface area contributed by atoms with Gasteiger partial charge in [0.15, 0.2) is 0 Å². The highest BCUT2D eigenvalue weighted by atomic mass is 15.0. The molecule has 0 atom stereocenters. The molecule has 0 aliphatic carbocycles. The van der Waals surface area contributed by atoms with Gasteiger partial charge in [-0.25, -0.2) is 4.98 Å². The van der Waals surface area contributed by atoms with Crippen molar-refractivity contribution in [3.63, 3.8) is 0 Å². The number of rotatable bonds is 6. The summed E-state index contributed by atoms with van der Waals surface area (Å²) < 4.78 is 0. The van der Waals surface area contributed by atoms with Crippen LogP contribution < -0.4 is 5.32 Å². The van der Waals surface area contributed by atoms with Crippen molar-refractivity contribution in [3.05, 3.63) is 29.6 Å². The Balaban J connectivity index is 2.69. The minimum absolute atomic E-state index is 0.218. The second-order valence-corrected chi connectivity index (χ2v) is 4.36. The molecular formula is C14H21N3. The fourth-order valence-electron chi connectivity index (χ4n) is 2.06. The van der Waals surface area contributed by atoms with Crippen molar-refractivity contribution in [2.24, 2.45) is 0 Å². The van der Waals surface area contributed by atoms with Gasteiger partial charge < -0.3 is 5.32 Å². The molecule has 1 aromatic heterocycles. The van der Waals surface area contributed by atoms with E-state index in [1.807, 2.05) is 12.1 Å². The van der Waals surface area contributed by atoms with E-state index >= 15 is 0 Å². The molecule has 92 valence electrons. The van der Waals surface area contributed by atoms with Crippen molar-refractivity contribution in [2.75, 3.05) is 0 Å². The summed E-state index contributed by atoms with van der Waals surface area (Å²) in [6.45, 7) is 7.44. The van der Waals surface area contributed by atoms with Crippen molar-refractivity contribution >= 4 is 0 Å². The number of hydrogen-bond donors (Lipinski definition) is 1. The van der Waals surface area contributed by atoms with Gasteiger partial charge in [-0.1, -0.05) is 20.8 Å². The minimum Gasteiger partial charge on any atom is -0.307 e. The Labute approximate surface area is 104 Å². The Kier molecular flexibility index (Phi) is 5.11. The highest BCUT2D eigenvalue weighted by molar-refractivity contribution is 5.25. The standard InChI is InChI=1S/C14H21N3/c1-4-14(5-2,6-3)17-11-12-7-8-16-13(9-12)10-15/h7-9,17H,4-6,11H2,1-3H3. The van der Waals surface area contributed by atoms with E-state index in [4.69, 9.17) is 5.26 Å². The molecule has 1 aromatic rings. The lowest BCUT2D eigenvalue weighted by Gasteiger charge is -2.32. The molecule has 1 heterocycles. The quantitative estimate of drug-likeness (QED) is 0.818. The SMILES string of the molecule is CCC(CC)(CC)NCc1ccnc(C#N)c1. The number of hydrogen-bond acceptors (Lipinski definition) is 3. The third kappa shape index (κ3) is 3.54. The van der Waals surface area contributed by atoms with Gasteiger partial charge in [-0.15, -0.1) is 0 Å². The first-order valence-corrected chi connectivity index (χ1v) is 6.29. The largest absolute Gasteiger partial charge is 0.307 e. The van der Waals surface area contributed by atoms with Crippen LogP contribution in [0.25, 0.3) is 0 Å². The van der Waals surface area contributed by atoms with Crippen molar-refractivity contribution in [1.82, 2.24) is 10.3 Å². The summed E-state index contributed by atoms with van der Waals surface area (Å²) in [5.74, 6) is 0. The first-order chi connectivity index (χ1) is 8.19. The molecule has 0 fully saturated rings. The van der Waals surface area contributed by atoms with Crippen LogP contribution in [-0.2, 0) is 6.54 Å².